The first kappa shape index (κ1) is 14.8. The van der Waals surface area contributed by atoms with Gasteiger partial charge in [-0.05, 0) is 23.8 Å². The molecular formula is C17H16O4. The van der Waals surface area contributed by atoms with Gasteiger partial charge in [-0.3, -0.25) is 0 Å². The number of phenolic OH excluding ortho intramolecular Hbond substituents is 1. The minimum atomic E-state index is -0.822. The topological polar surface area (TPSA) is 55.8 Å². The molecule has 0 heterocycles. The molecule has 0 aliphatic carbocycles. The van der Waals surface area contributed by atoms with Crippen molar-refractivity contribution in [1.82, 2.24) is 0 Å². The van der Waals surface area contributed by atoms with Crippen molar-refractivity contribution >= 4 is 12.0 Å². The average Bonchev–Trinajstić information content (AvgIpc) is 2.52. The quantitative estimate of drug-likeness (QED) is 0.676. The van der Waals surface area contributed by atoms with E-state index in [2.05, 4.69) is 0 Å². The van der Waals surface area contributed by atoms with E-state index in [1.807, 2.05) is 30.3 Å². The van der Waals surface area contributed by atoms with Crippen molar-refractivity contribution in [2.45, 2.75) is 6.29 Å². The molecule has 0 aromatic heterocycles. The fourth-order valence-corrected chi connectivity index (χ4v) is 1.74. The van der Waals surface area contributed by atoms with Crippen LogP contribution in [0.25, 0.3) is 6.08 Å². The molecule has 1 atom stereocenters. The van der Waals surface area contributed by atoms with E-state index in [1.165, 1.54) is 19.2 Å². The molecule has 2 aromatic carbocycles. The molecule has 0 radical (unpaired) electrons. The van der Waals surface area contributed by atoms with E-state index >= 15 is 0 Å². The monoisotopic (exact) mass is 284 g/mol. The van der Waals surface area contributed by atoms with Crippen LogP contribution >= 0.6 is 0 Å². The zero-order valence-electron chi connectivity index (χ0n) is 11.6. The number of hydrogen-bond donors (Lipinski definition) is 1. The number of para-hydroxylation sites is 1. The molecule has 0 bridgehead atoms. The van der Waals surface area contributed by atoms with Crippen molar-refractivity contribution in [2.24, 2.45) is 0 Å². The summed E-state index contributed by atoms with van der Waals surface area (Å²) in [5.74, 6) is -0.762. The summed E-state index contributed by atoms with van der Waals surface area (Å²) in [5, 5.41) is 9.61. The summed E-state index contributed by atoms with van der Waals surface area (Å²) in [4.78, 5) is 12.0. The van der Waals surface area contributed by atoms with Gasteiger partial charge >= 0.3 is 5.97 Å². The van der Waals surface area contributed by atoms with Crippen LogP contribution in [0.5, 0.6) is 5.75 Å². The Kier molecular flexibility index (Phi) is 5.12. The largest absolute Gasteiger partial charge is 0.507 e. The smallest absolute Gasteiger partial charge is 0.344 e. The lowest BCUT2D eigenvalue weighted by molar-refractivity contribution is -0.0593. The molecule has 0 spiro atoms. The third-order valence-corrected chi connectivity index (χ3v) is 2.82. The van der Waals surface area contributed by atoms with E-state index in [9.17, 15) is 9.90 Å². The standard InChI is InChI=1S/C17H16O4/c1-20-16(12-11-13-7-3-2-4-8-13)21-17(19)14-9-5-6-10-15(14)18/h2-12,16,18H,1H3. The predicted molar refractivity (Wildman–Crippen MR) is 79.8 cm³/mol. The van der Waals surface area contributed by atoms with Crippen LogP contribution in [0.1, 0.15) is 15.9 Å². The van der Waals surface area contributed by atoms with Gasteiger partial charge in [-0.1, -0.05) is 48.5 Å². The first-order valence-corrected chi connectivity index (χ1v) is 6.45. The second-order valence-electron chi connectivity index (χ2n) is 4.30. The Morgan fingerprint density at radius 1 is 1.10 bits per heavy atom. The molecule has 108 valence electrons. The van der Waals surface area contributed by atoms with Crippen molar-refractivity contribution in [3.05, 3.63) is 71.8 Å². The maximum Gasteiger partial charge on any atom is 0.344 e. The van der Waals surface area contributed by atoms with Crippen LogP contribution in [-0.4, -0.2) is 24.5 Å². The first-order valence-electron chi connectivity index (χ1n) is 6.45. The molecule has 0 aliphatic heterocycles. The molecular weight excluding hydrogens is 268 g/mol. The van der Waals surface area contributed by atoms with Crippen molar-refractivity contribution < 1.29 is 19.4 Å². The maximum atomic E-state index is 12.0. The summed E-state index contributed by atoms with van der Waals surface area (Å²) in [7, 11) is 1.44. The van der Waals surface area contributed by atoms with Gasteiger partial charge in [0, 0.05) is 7.11 Å². The fraction of sp³-hybridized carbons (Fsp3) is 0.118. The van der Waals surface area contributed by atoms with Gasteiger partial charge in [-0.2, -0.15) is 0 Å². The number of benzene rings is 2. The molecule has 2 rings (SSSR count). The number of phenols is 1. The molecule has 0 saturated carbocycles. The summed E-state index contributed by atoms with van der Waals surface area (Å²) in [6, 6.07) is 15.8. The molecule has 0 saturated heterocycles. The summed E-state index contributed by atoms with van der Waals surface area (Å²) >= 11 is 0. The zero-order valence-corrected chi connectivity index (χ0v) is 11.6. The molecule has 0 aliphatic rings. The third kappa shape index (κ3) is 4.19. The van der Waals surface area contributed by atoms with Crippen LogP contribution in [-0.2, 0) is 9.47 Å². The van der Waals surface area contributed by atoms with Crippen LogP contribution in [0.15, 0.2) is 60.7 Å². The molecule has 4 heteroatoms. The summed E-state index contributed by atoms with van der Waals surface area (Å²) in [6.07, 6.45) is 2.61. The third-order valence-electron chi connectivity index (χ3n) is 2.82. The van der Waals surface area contributed by atoms with E-state index in [-0.39, 0.29) is 11.3 Å². The van der Waals surface area contributed by atoms with Crippen molar-refractivity contribution in [3.63, 3.8) is 0 Å². The summed E-state index contributed by atoms with van der Waals surface area (Å²) < 4.78 is 10.3. The number of rotatable bonds is 5. The highest BCUT2D eigenvalue weighted by atomic mass is 16.7. The van der Waals surface area contributed by atoms with E-state index in [0.29, 0.717) is 0 Å². The van der Waals surface area contributed by atoms with Gasteiger partial charge in [0.1, 0.15) is 11.3 Å². The Morgan fingerprint density at radius 3 is 2.43 bits per heavy atom. The van der Waals surface area contributed by atoms with Gasteiger partial charge in [-0.25, -0.2) is 4.79 Å². The van der Waals surface area contributed by atoms with E-state index in [0.717, 1.165) is 5.56 Å². The lowest BCUT2D eigenvalue weighted by Crippen LogP contribution is -2.18. The number of carbonyl (C=O) groups excluding carboxylic acids is 1. The normalized spacial score (nSPS) is 12.2. The van der Waals surface area contributed by atoms with Crippen molar-refractivity contribution in [3.8, 4) is 5.75 Å². The summed E-state index contributed by atoms with van der Waals surface area (Å²) in [5.41, 5.74) is 1.07. The first-order chi connectivity index (χ1) is 10.2. The number of hydrogen-bond acceptors (Lipinski definition) is 4. The maximum absolute atomic E-state index is 12.0. The zero-order chi connectivity index (χ0) is 15.1. The lowest BCUT2D eigenvalue weighted by atomic mass is 10.2. The van der Waals surface area contributed by atoms with Crippen LogP contribution in [0.2, 0.25) is 0 Å². The van der Waals surface area contributed by atoms with Crippen LogP contribution in [0.3, 0.4) is 0 Å². The van der Waals surface area contributed by atoms with Gasteiger partial charge in [0.05, 0.1) is 0 Å². The number of carbonyl (C=O) groups is 1. The highest BCUT2D eigenvalue weighted by Crippen LogP contribution is 2.17. The van der Waals surface area contributed by atoms with E-state index in [1.54, 1.807) is 24.3 Å². The Hall–Kier alpha value is -2.59. The minimum absolute atomic E-state index is 0.104. The molecule has 0 fully saturated rings. The van der Waals surface area contributed by atoms with E-state index in [4.69, 9.17) is 9.47 Å². The molecule has 4 nitrogen and oxygen atoms in total. The molecule has 1 N–H and O–H groups in total. The lowest BCUT2D eigenvalue weighted by Gasteiger charge is -2.13. The highest BCUT2D eigenvalue weighted by molar-refractivity contribution is 5.92. The van der Waals surface area contributed by atoms with Crippen molar-refractivity contribution in [2.75, 3.05) is 7.11 Å². The number of aromatic hydroxyl groups is 1. The Balaban J connectivity index is 2.04. The number of methoxy groups -OCH3 is 1. The Morgan fingerprint density at radius 2 is 1.76 bits per heavy atom. The average molecular weight is 284 g/mol. The highest BCUT2D eigenvalue weighted by Gasteiger charge is 2.15. The Labute approximate surface area is 123 Å². The molecule has 1 unspecified atom stereocenters. The van der Waals surface area contributed by atoms with E-state index < -0.39 is 12.3 Å². The van der Waals surface area contributed by atoms with Gasteiger partial charge in [-0.15, -0.1) is 0 Å². The molecule has 0 amide bonds. The predicted octanol–water partition coefficient (Wildman–Crippen LogP) is 3.23. The SMILES string of the molecule is COC(C=Cc1ccccc1)OC(=O)c1ccccc1O. The fourth-order valence-electron chi connectivity index (χ4n) is 1.74. The van der Waals surface area contributed by atoms with Gasteiger partial charge in [0.15, 0.2) is 0 Å². The van der Waals surface area contributed by atoms with Gasteiger partial charge < -0.3 is 14.6 Å². The van der Waals surface area contributed by atoms with Crippen LogP contribution < -0.4 is 0 Å². The summed E-state index contributed by atoms with van der Waals surface area (Å²) in [6.45, 7) is 0. The van der Waals surface area contributed by atoms with Gasteiger partial charge in [0.2, 0.25) is 6.29 Å². The Bertz CT molecular complexity index is 620. The second-order valence-corrected chi connectivity index (χ2v) is 4.30. The molecule has 21 heavy (non-hydrogen) atoms. The number of esters is 1. The number of ether oxygens (including phenoxy) is 2. The second kappa shape index (κ2) is 7.26. The van der Waals surface area contributed by atoms with Crippen LogP contribution in [0.4, 0.5) is 0 Å². The van der Waals surface area contributed by atoms with Crippen LogP contribution in [0, 0.1) is 0 Å². The molecule has 2 aromatic rings. The minimum Gasteiger partial charge on any atom is -0.507 e. The van der Waals surface area contributed by atoms with Gasteiger partial charge in [0.25, 0.3) is 0 Å². The van der Waals surface area contributed by atoms with Crippen molar-refractivity contribution in [1.29, 1.82) is 0 Å².